The molecule has 88 valence electrons. The smallest absolute Gasteiger partial charge is 0.296 e. The molecule has 0 atom stereocenters. The maximum atomic E-state index is 11.5. The molecule has 1 amide bonds. The lowest BCUT2D eigenvalue weighted by Crippen LogP contribution is -2.40. The average molecular weight is 236 g/mol. The zero-order chi connectivity index (χ0) is 12.4. The van der Waals surface area contributed by atoms with Crippen LogP contribution in [-0.2, 0) is 9.59 Å². The van der Waals surface area contributed by atoms with Crippen LogP contribution in [0.1, 0.15) is 0 Å². The predicted molar refractivity (Wildman–Crippen MR) is 57.0 cm³/mol. The minimum atomic E-state index is -0.613. The normalized spacial score (nSPS) is 13.9. The highest BCUT2D eigenvalue weighted by Gasteiger charge is 2.32. The molecule has 0 saturated carbocycles. The summed E-state index contributed by atoms with van der Waals surface area (Å²) in [5, 5.41) is 10.9. The SMILES string of the molecule is O=CCN1C(=O)COc2cccc([N+](=O)[O-])c21. The molecular weight excluding hydrogens is 228 g/mol. The van der Waals surface area contributed by atoms with Crippen LogP contribution in [0.2, 0.25) is 0 Å². The molecule has 0 bridgehead atoms. The number of ether oxygens (including phenoxy) is 1. The van der Waals surface area contributed by atoms with Crippen molar-refractivity contribution in [2.75, 3.05) is 18.1 Å². The third-order valence-electron chi connectivity index (χ3n) is 2.35. The molecule has 0 fully saturated rings. The number of anilines is 1. The molecule has 0 aromatic heterocycles. The Morgan fingerprint density at radius 1 is 1.53 bits per heavy atom. The number of nitrogens with zero attached hydrogens (tertiary/aromatic N) is 2. The van der Waals surface area contributed by atoms with E-state index in [9.17, 15) is 19.7 Å². The van der Waals surface area contributed by atoms with E-state index in [4.69, 9.17) is 4.74 Å². The molecule has 2 rings (SSSR count). The summed E-state index contributed by atoms with van der Waals surface area (Å²) in [5.41, 5.74) is -0.210. The van der Waals surface area contributed by atoms with Crippen LogP contribution >= 0.6 is 0 Å². The summed E-state index contributed by atoms with van der Waals surface area (Å²) >= 11 is 0. The van der Waals surface area contributed by atoms with E-state index in [1.54, 1.807) is 0 Å². The summed E-state index contributed by atoms with van der Waals surface area (Å²) in [4.78, 5) is 33.3. The molecular formula is C10H8N2O5. The number of carbonyl (C=O) groups is 2. The van der Waals surface area contributed by atoms with Gasteiger partial charge in [0.1, 0.15) is 6.29 Å². The van der Waals surface area contributed by atoms with Crippen LogP contribution in [0.25, 0.3) is 0 Å². The maximum absolute atomic E-state index is 11.5. The van der Waals surface area contributed by atoms with E-state index in [1.165, 1.54) is 18.2 Å². The zero-order valence-electron chi connectivity index (χ0n) is 8.66. The summed E-state index contributed by atoms with van der Waals surface area (Å²) in [6, 6.07) is 4.25. The van der Waals surface area contributed by atoms with Crippen molar-refractivity contribution in [1.82, 2.24) is 0 Å². The monoisotopic (exact) mass is 236 g/mol. The third kappa shape index (κ3) is 1.82. The Morgan fingerprint density at radius 2 is 2.29 bits per heavy atom. The van der Waals surface area contributed by atoms with Crippen molar-refractivity contribution >= 4 is 23.6 Å². The number of hydrogen-bond donors (Lipinski definition) is 0. The fourth-order valence-electron chi connectivity index (χ4n) is 1.66. The van der Waals surface area contributed by atoms with Gasteiger partial charge in [0, 0.05) is 6.07 Å². The molecule has 0 radical (unpaired) electrons. The number of rotatable bonds is 3. The molecule has 1 aromatic rings. The van der Waals surface area contributed by atoms with Gasteiger partial charge < -0.3 is 9.53 Å². The number of fused-ring (bicyclic) bond motifs is 1. The van der Waals surface area contributed by atoms with E-state index >= 15 is 0 Å². The molecule has 7 nitrogen and oxygen atoms in total. The van der Waals surface area contributed by atoms with E-state index in [0.717, 1.165) is 4.90 Å². The number of hydrogen-bond acceptors (Lipinski definition) is 5. The first-order chi connectivity index (χ1) is 8.15. The lowest BCUT2D eigenvalue weighted by molar-refractivity contribution is -0.384. The predicted octanol–water partition coefficient (Wildman–Crippen LogP) is 0.519. The zero-order valence-corrected chi connectivity index (χ0v) is 8.66. The molecule has 0 spiro atoms. The highest BCUT2D eigenvalue weighted by atomic mass is 16.6. The van der Waals surface area contributed by atoms with Gasteiger partial charge in [-0.2, -0.15) is 0 Å². The van der Waals surface area contributed by atoms with Crippen LogP contribution < -0.4 is 9.64 Å². The van der Waals surface area contributed by atoms with Gasteiger partial charge in [-0.3, -0.25) is 19.8 Å². The molecule has 1 aliphatic rings. The summed E-state index contributed by atoms with van der Waals surface area (Å²) in [5.74, 6) is -0.237. The van der Waals surface area contributed by atoms with Crippen molar-refractivity contribution in [2.45, 2.75) is 0 Å². The van der Waals surface area contributed by atoms with Gasteiger partial charge in [-0.15, -0.1) is 0 Å². The first-order valence-corrected chi connectivity index (χ1v) is 4.79. The quantitative estimate of drug-likeness (QED) is 0.433. The molecule has 0 saturated heterocycles. The van der Waals surface area contributed by atoms with Crippen LogP contribution in [0, 0.1) is 10.1 Å². The summed E-state index contributed by atoms with van der Waals surface area (Å²) in [7, 11) is 0. The van der Waals surface area contributed by atoms with Crippen molar-refractivity contribution in [3.8, 4) is 5.75 Å². The average Bonchev–Trinajstić information content (AvgIpc) is 2.32. The molecule has 0 aliphatic carbocycles. The summed E-state index contributed by atoms with van der Waals surface area (Å²) in [6.07, 6.45) is 0.518. The van der Waals surface area contributed by atoms with Gasteiger partial charge >= 0.3 is 0 Å². The number of carbonyl (C=O) groups excluding carboxylic acids is 2. The lowest BCUT2D eigenvalue weighted by Gasteiger charge is -2.27. The topological polar surface area (TPSA) is 89.8 Å². The third-order valence-corrected chi connectivity index (χ3v) is 2.35. The second-order valence-corrected chi connectivity index (χ2v) is 3.34. The van der Waals surface area contributed by atoms with Gasteiger partial charge in [0.25, 0.3) is 11.6 Å². The first-order valence-electron chi connectivity index (χ1n) is 4.79. The van der Waals surface area contributed by atoms with E-state index in [-0.39, 0.29) is 30.3 Å². The molecule has 1 aliphatic heterocycles. The second kappa shape index (κ2) is 4.20. The van der Waals surface area contributed by atoms with Crippen LogP contribution in [0.5, 0.6) is 5.75 Å². The Labute approximate surface area is 95.7 Å². The van der Waals surface area contributed by atoms with Crippen LogP contribution in [0.4, 0.5) is 11.4 Å². The Kier molecular flexibility index (Phi) is 2.73. The molecule has 1 heterocycles. The van der Waals surface area contributed by atoms with Crippen LogP contribution in [0.15, 0.2) is 18.2 Å². The largest absolute Gasteiger partial charge is 0.481 e. The minimum absolute atomic E-state index is 0.0425. The number of nitro benzene ring substituents is 1. The molecule has 1 aromatic carbocycles. The number of benzene rings is 1. The Morgan fingerprint density at radius 3 is 2.94 bits per heavy atom. The summed E-state index contributed by atoms with van der Waals surface area (Å²) in [6.45, 7) is -0.442. The number of aldehydes is 1. The van der Waals surface area contributed by atoms with Gasteiger partial charge in [-0.25, -0.2) is 0 Å². The van der Waals surface area contributed by atoms with Crippen LogP contribution in [-0.4, -0.2) is 30.3 Å². The van der Waals surface area contributed by atoms with Gasteiger partial charge in [-0.05, 0) is 6.07 Å². The number of amides is 1. The maximum Gasteiger partial charge on any atom is 0.296 e. The Hall–Kier alpha value is -2.44. The Bertz CT molecular complexity index is 499. The van der Waals surface area contributed by atoms with Gasteiger partial charge in [0.15, 0.2) is 18.0 Å². The van der Waals surface area contributed by atoms with Crippen molar-refractivity contribution in [3.63, 3.8) is 0 Å². The van der Waals surface area contributed by atoms with Crippen molar-refractivity contribution in [2.24, 2.45) is 0 Å². The first kappa shape index (κ1) is 11.1. The van der Waals surface area contributed by atoms with Gasteiger partial charge in [0.05, 0.1) is 11.5 Å². The second-order valence-electron chi connectivity index (χ2n) is 3.34. The fourth-order valence-corrected chi connectivity index (χ4v) is 1.66. The highest BCUT2D eigenvalue weighted by Crippen LogP contribution is 2.39. The molecule has 0 unspecified atom stereocenters. The standard InChI is InChI=1S/C10H8N2O5/c13-5-4-11-9(14)6-17-8-3-1-2-7(10(8)11)12(15)16/h1-3,5H,4,6H2. The van der Waals surface area contributed by atoms with Gasteiger partial charge in [0.2, 0.25) is 0 Å². The van der Waals surface area contributed by atoms with E-state index < -0.39 is 10.8 Å². The molecule has 0 N–H and O–H groups in total. The molecule has 7 heteroatoms. The number of nitro groups is 1. The lowest BCUT2D eigenvalue weighted by atomic mass is 10.2. The summed E-state index contributed by atoms with van der Waals surface area (Å²) < 4.78 is 5.09. The molecule has 17 heavy (non-hydrogen) atoms. The van der Waals surface area contributed by atoms with Gasteiger partial charge in [-0.1, -0.05) is 6.07 Å². The highest BCUT2D eigenvalue weighted by molar-refractivity contribution is 6.02. The van der Waals surface area contributed by atoms with Crippen LogP contribution in [0.3, 0.4) is 0 Å². The van der Waals surface area contributed by atoms with Crippen molar-refractivity contribution in [1.29, 1.82) is 0 Å². The van der Waals surface area contributed by atoms with Crippen molar-refractivity contribution in [3.05, 3.63) is 28.3 Å². The van der Waals surface area contributed by atoms with E-state index in [1.807, 2.05) is 0 Å². The number of para-hydroxylation sites is 1. The van der Waals surface area contributed by atoms with Crippen molar-refractivity contribution < 1.29 is 19.2 Å². The van der Waals surface area contributed by atoms with E-state index in [0.29, 0.717) is 6.29 Å². The van der Waals surface area contributed by atoms with E-state index in [2.05, 4.69) is 0 Å². The Balaban J connectivity index is 2.58. The fraction of sp³-hybridized carbons (Fsp3) is 0.200. The minimum Gasteiger partial charge on any atom is -0.481 e.